The Balaban J connectivity index is 0.000000567. The standard InChI is InChI=1S/C30H18F3S.CH4O3S/c31-27-23-15-5-6-16-24(23)30(29(33)28(27)32)34(25-17-7-11-19-9-1-3-13-21(19)25)26-18-8-12-20-10-2-4-14-22(20)26;1-5(2,3)4/h1-18H;1H3,(H,2,3,4)/q+1;/p-1. The molecule has 0 aliphatic heterocycles. The molecule has 8 heteroatoms. The maximum atomic E-state index is 15.8. The van der Waals surface area contributed by atoms with Crippen molar-refractivity contribution in [3.63, 3.8) is 0 Å². The fraction of sp³-hybridized carbons (Fsp3) is 0.0323. The molecule has 0 N–H and O–H groups in total. The van der Waals surface area contributed by atoms with E-state index in [2.05, 4.69) is 0 Å². The van der Waals surface area contributed by atoms with Crippen LogP contribution in [0.15, 0.2) is 124 Å². The maximum absolute atomic E-state index is 15.8. The summed E-state index contributed by atoms with van der Waals surface area (Å²) in [5.74, 6) is -3.73. The third kappa shape index (κ3) is 5.36. The zero-order chi connectivity index (χ0) is 27.7. The highest BCUT2D eigenvalue weighted by molar-refractivity contribution is 7.97. The summed E-state index contributed by atoms with van der Waals surface area (Å²) >= 11 is 0. The van der Waals surface area contributed by atoms with Crippen molar-refractivity contribution in [3.05, 3.63) is 127 Å². The minimum atomic E-state index is -3.92. The summed E-state index contributed by atoms with van der Waals surface area (Å²) in [6, 6.07) is 34.1. The van der Waals surface area contributed by atoms with Crippen LogP contribution in [-0.2, 0) is 21.0 Å². The molecule has 6 aromatic carbocycles. The van der Waals surface area contributed by atoms with Gasteiger partial charge in [0.25, 0.3) is 0 Å². The minimum Gasteiger partial charge on any atom is -0.748 e. The van der Waals surface area contributed by atoms with E-state index < -0.39 is 38.5 Å². The zero-order valence-electron chi connectivity index (χ0n) is 20.6. The molecule has 0 radical (unpaired) electrons. The largest absolute Gasteiger partial charge is 0.748 e. The molecular formula is C31H21F3O3S2. The van der Waals surface area contributed by atoms with Gasteiger partial charge in [0, 0.05) is 27.8 Å². The van der Waals surface area contributed by atoms with E-state index in [0.717, 1.165) is 31.3 Å². The van der Waals surface area contributed by atoms with Gasteiger partial charge in [0.15, 0.2) is 21.4 Å². The molecule has 6 rings (SSSR count). The number of fused-ring (bicyclic) bond motifs is 3. The van der Waals surface area contributed by atoms with Crippen LogP contribution in [0.1, 0.15) is 0 Å². The predicted molar refractivity (Wildman–Crippen MR) is 150 cm³/mol. The molecule has 0 heterocycles. The lowest BCUT2D eigenvalue weighted by atomic mass is 10.1. The molecule has 39 heavy (non-hydrogen) atoms. The molecule has 0 saturated carbocycles. The molecule has 0 fully saturated rings. The molecule has 196 valence electrons. The number of rotatable bonds is 3. The molecule has 0 unspecified atom stereocenters. The van der Waals surface area contributed by atoms with E-state index in [-0.39, 0.29) is 10.3 Å². The third-order valence-electron chi connectivity index (χ3n) is 6.14. The molecule has 0 atom stereocenters. The van der Waals surface area contributed by atoms with Gasteiger partial charge in [-0.05, 0) is 41.1 Å². The van der Waals surface area contributed by atoms with Crippen molar-refractivity contribution in [1.29, 1.82) is 0 Å². The summed E-state index contributed by atoms with van der Waals surface area (Å²) in [7, 11) is -4.97. The Hall–Kier alpha value is -3.85. The topological polar surface area (TPSA) is 57.2 Å². The summed E-state index contributed by atoms with van der Waals surface area (Å²) in [6.45, 7) is 0. The van der Waals surface area contributed by atoms with Gasteiger partial charge in [-0.3, -0.25) is 0 Å². The van der Waals surface area contributed by atoms with Crippen LogP contribution in [0.25, 0.3) is 32.3 Å². The van der Waals surface area contributed by atoms with Crippen molar-refractivity contribution in [1.82, 2.24) is 0 Å². The molecule has 6 aromatic rings. The van der Waals surface area contributed by atoms with Gasteiger partial charge in [-0.25, -0.2) is 17.2 Å². The number of benzene rings is 6. The van der Waals surface area contributed by atoms with Crippen LogP contribution in [0.5, 0.6) is 0 Å². The first kappa shape index (κ1) is 26.7. The van der Waals surface area contributed by atoms with E-state index in [0.29, 0.717) is 11.6 Å². The summed E-state index contributed by atoms with van der Waals surface area (Å²) in [4.78, 5) is 1.90. The second kappa shape index (κ2) is 10.7. The fourth-order valence-electron chi connectivity index (χ4n) is 4.59. The van der Waals surface area contributed by atoms with Crippen LogP contribution in [0.3, 0.4) is 0 Å². The number of halogens is 3. The van der Waals surface area contributed by atoms with Crippen LogP contribution in [0.4, 0.5) is 13.2 Å². The average molecular weight is 563 g/mol. The van der Waals surface area contributed by atoms with Gasteiger partial charge in [0.1, 0.15) is 10.9 Å². The molecule has 0 spiro atoms. The van der Waals surface area contributed by atoms with Gasteiger partial charge in [-0.1, -0.05) is 78.9 Å². The highest BCUT2D eigenvalue weighted by atomic mass is 32.2. The highest BCUT2D eigenvalue weighted by Crippen LogP contribution is 2.43. The van der Waals surface area contributed by atoms with E-state index in [1.807, 2.05) is 84.9 Å². The quantitative estimate of drug-likeness (QED) is 0.126. The van der Waals surface area contributed by atoms with Gasteiger partial charge in [-0.2, -0.15) is 4.39 Å². The second-order valence-electron chi connectivity index (χ2n) is 8.78. The molecule has 0 bridgehead atoms. The summed E-state index contributed by atoms with van der Waals surface area (Å²) in [5.41, 5.74) is 0. The lowest BCUT2D eigenvalue weighted by molar-refractivity contribution is 0.442. The summed E-state index contributed by atoms with van der Waals surface area (Å²) in [5, 5.41) is 4.37. The Bertz CT molecular complexity index is 1860. The monoisotopic (exact) mass is 562 g/mol. The van der Waals surface area contributed by atoms with Crippen LogP contribution in [-0.4, -0.2) is 19.2 Å². The van der Waals surface area contributed by atoms with Gasteiger partial charge in [0.2, 0.25) is 10.7 Å². The normalized spacial score (nSPS) is 11.6. The van der Waals surface area contributed by atoms with Crippen LogP contribution >= 0.6 is 0 Å². The van der Waals surface area contributed by atoms with Crippen LogP contribution in [0, 0.1) is 17.5 Å². The molecule has 0 aromatic heterocycles. The summed E-state index contributed by atoms with van der Waals surface area (Å²) in [6.07, 6.45) is 0.604. The summed E-state index contributed by atoms with van der Waals surface area (Å²) < 4.78 is 72.8. The Morgan fingerprint density at radius 3 is 1.41 bits per heavy atom. The van der Waals surface area contributed by atoms with E-state index >= 15 is 4.39 Å². The van der Waals surface area contributed by atoms with Crippen molar-refractivity contribution in [2.24, 2.45) is 0 Å². The third-order valence-corrected chi connectivity index (χ3v) is 8.54. The SMILES string of the molecule is CS(=O)(=O)[O-].Fc1c(F)c([S+](c2cccc3ccccc23)c2cccc3ccccc23)c2ccccc2c1F. The van der Waals surface area contributed by atoms with Crippen molar-refractivity contribution in [2.75, 3.05) is 6.26 Å². The minimum absolute atomic E-state index is 0.0781. The Morgan fingerprint density at radius 2 is 0.923 bits per heavy atom. The van der Waals surface area contributed by atoms with Crippen molar-refractivity contribution >= 4 is 53.3 Å². The van der Waals surface area contributed by atoms with E-state index in [1.54, 1.807) is 18.2 Å². The van der Waals surface area contributed by atoms with Gasteiger partial charge < -0.3 is 4.55 Å². The Labute approximate surface area is 226 Å². The Morgan fingerprint density at radius 1 is 0.538 bits per heavy atom. The van der Waals surface area contributed by atoms with Gasteiger partial charge >= 0.3 is 0 Å². The smallest absolute Gasteiger partial charge is 0.218 e. The Kier molecular flexibility index (Phi) is 7.36. The van der Waals surface area contributed by atoms with Crippen molar-refractivity contribution < 1.29 is 26.1 Å². The highest BCUT2D eigenvalue weighted by Gasteiger charge is 2.39. The predicted octanol–water partition coefficient (Wildman–Crippen LogP) is 7.82. The molecule has 0 saturated heterocycles. The molecule has 0 amide bonds. The number of hydrogen-bond acceptors (Lipinski definition) is 3. The zero-order valence-corrected chi connectivity index (χ0v) is 22.2. The first-order valence-corrected chi connectivity index (χ1v) is 14.8. The average Bonchev–Trinajstić information content (AvgIpc) is 2.93. The van der Waals surface area contributed by atoms with E-state index in [1.165, 1.54) is 6.07 Å². The first-order chi connectivity index (χ1) is 18.6. The van der Waals surface area contributed by atoms with Crippen LogP contribution in [0.2, 0.25) is 0 Å². The van der Waals surface area contributed by atoms with Gasteiger partial charge in [0.05, 0.1) is 10.1 Å². The number of hydrogen-bond donors (Lipinski definition) is 0. The van der Waals surface area contributed by atoms with E-state index in [9.17, 15) is 8.78 Å². The molecular weight excluding hydrogens is 541 g/mol. The first-order valence-electron chi connectivity index (χ1n) is 11.8. The molecule has 0 aliphatic carbocycles. The van der Waals surface area contributed by atoms with E-state index in [4.69, 9.17) is 13.0 Å². The fourth-order valence-corrected chi connectivity index (χ4v) is 7.17. The van der Waals surface area contributed by atoms with Crippen molar-refractivity contribution in [3.8, 4) is 0 Å². The van der Waals surface area contributed by atoms with Crippen molar-refractivity contribution in [2.45, 2.75) is 14.7 Å². The van der Waals surface area contributed by atoms with Gasteiger partial charge in [-0.15, -0.1) is 0 Å². The lowest BCUT2D eigenvalue weighted by Gasteiger charge is -2.15. The van der Waals surface area contributed by atoms with Crippen LogP contribution < -0.4 is 0 Å². The maximum Gasteiger partial charge on any atom is 0.218 e. The molecule has 0 aliphatic rings. The lowest BCUT2D eigenvalue weighted by Crippen LogP contribution is -2.11. The second-order valence-corrected chi connectivity index (χ2v) is 12.1. The molecule has 3 nitrogen and oxygen atoms in total.